The molecule has 0 bridgehead atoms. The van der Waals surface area contributed by atoms with Crippen molar-refractivity contribution in [3.8, 4) is 0 Å². The first-order valence-corrected chi connectivity index (χ1v) is 8.06. The number of esters is 1. The Morgan fingerprint density at radius 1 is 1.43 bits per heavy atom. The van der Waals surface area contributed by atoms with Gasteiger partial charge in [-0.3, -0.25) is 0 Å². The van der Waals surface area contributed by atoms with Gasteiger partial charge in [0, 0.05) is 6.04 Å². The molecule has 118 valence electrons. The van der Waals surface area contributed by atoms with E-state index in [1.807, 2.05) is 0 Å². The highest BCUT2D eigenvalue weighted by molar-refractivity contribution is 5.90. The van der Waals surface area contributed by atoms with Crippen LogP contribution in [0.2, 0.25) is 0 Å². The molecule has 1 heterocycles. The molecule has 1 unspecified atom stereocenters. The standard InChI is InChI=1S/C17H27NO3/c1-4-16(13-8-6-5-7-9-13)18-11-14-10-15(12(2)21-14)17(19)20-3/h10,13,16,18H,4-9,11H2,1-3H3. The molecule has 1 aromatic rings. The van der Waals surface area contributed by atoms with Gasteiger partial charge >= 0.3 is 5.97 Å². The van der Waals surface area contributed by atoms with Crippen LogP contribution < -0.4 is 5.32 Å². The van der Waals surface area contributed by atoms with Crippen molar-refractivity contribution in [2.75, 3.05) is 7.11 Å². The van der Waals surface area contributed by atoms with Crippen molar-refractivity contribution in [2.24, 2.45) is 5.92 Å². The highest BCUT2D eigenvalue weighted by atomic mass is 16.5. The Bertz CT molecular complexity index is 461. The zero-order valence-electron chi connectivity index (χ0n) is 13.4. The maximum absolute atomic E-state index is 11.6. The Labute approximate surface area is 127 Å². The van der Waals surface area contributed by atoms with Gasteiger partial charge in [0.05, 0.1) is 13.7 Å². The molecular weight excluding hydrogens is 266 g/mol. The smallest absolute Gasteiger partial charge is 0.341 e. The normalized spacial score (nSPS) is 17.7. The van der Waals surface area contributed by atoms with Crippen molar-refractivity contribution in [2.45, 2.75) is 65.0 Å². The van der Waals surface area contributed by atoms with Crippen molar-refractivity contribution in [1.82, 2.24) is 5.32 Å². The molecule has 0 radical (unpaired) electrons. The second-order valence-corrected chi connectivity index (χ2v) is 5.97. The van der Waals surface area contributed by atoms with Crippen molar-refractivity contribution in [1.29, 1.82) is 0 Å². The van der Waals surface area contributed by atoms with Crippen molar-refractivity contribution in [3.05, 3.63) is 23.2 Å². The number of aryl methyl sites for hydroxylation is 1. The molecule has 1 saturated carbocycles. The van der Waals surface area contributed by atoms with Crippen LogP contribution in [0.1, 0.15) is 67.3 Å². The number of ether oxygens (including phenoxy) is 1. The maximum atomic E-state index is 11.6. The SMILES string of the molecule is CCC(NCc1cc(C(=O)OC)c(C)o1)C1CCCCC1. The molecule has 4 heteroatoms. The summed E-state index contributed by atoms with van der Waals surface area (Å²) in [6.45, 7) is 4.71. The van der Waals surface area contributed by atoms with E-state index in [0.717, 1.165) is 18.1 Å². The highest BCUT2D eigenvalue weighted by Gasteiger charge is 2.22. The molecule has 4 nitrogen and oxygen atoms in total. The number of nitrogens with one attached hydrogen (secondary N) is 1. The van der Waals surface area contributed by atoms with Gasteiger partial charge < -0.3 is 14.5 Å². The molecule has 2 rings (SSSR count). The van der Waals surface area contributed by atoms with Crippen LogP contribution in [0.15, 0.2) is 10.5 Å². The predicted molar refractivity (Wildman–Crippen MR) is 82.3 cm³/mol. The lowest BCUT2D eigenvalue weighted by atomic mass is 9.83. The number of methoxy groups -OCH3 is 1. The first-order valence-electron chi connectivity index (χ1n) is 8.06. The Balaban J connectivity index is 1.93. The first kappa shape index (κ1) is 16.1. The van der Waals surface area contributed by atoms with Gasteiger partial charge in [-0.15, -0.1) is 0 Å². The van der Waals surface area contributed by atoms with Crippen LogP contribution in [-0.2, 0) is 11.3 Å². The number of rotatable bonds is 6. The Kier molecular flexibility index (Phi) is 5.85. The molecule has 0 aromatic carbocycles. The van der Waals surface area contributed by atoms with Gasteiger partial charge in [0.15, 0.2) is 0 Å². The fourth-order valence-corrected chi connectivity index (χ4v) is 3.36. The zero-order valence-corrected chi connectivity index (χ0v) is 13.4. The lowest BCUT2D eigenvalue weighted by molar-refractivity contribution is 0.0599. The minimum absolute atomic E-state index is 0.332. The van der Waals surface area contributed by atoms with Gasteiger partial charge in [-0.1, -0.05) is 26.2 Å². The number of furan rings is 1. The quantitative estimate of drug-likeness (QED) is 0.810. The van der Waals surface area contributed by atoms with E-state index in [1.54, 1.807) is 13.0 Å². The summed E-state index contributed by atoms with van der Waals surface area (Å²) in [5.41, 5.74) is 0.528. The van der Waals surface area contributed by atoms with Crippen molar-refractivity contribution >= 4 is 5.97 Å². The minimum Gasteiger partial charge on any atom is -0.465 e. The van der Waals surface area contributed by atoms with Crippen LogP contribution in [0.3, 0.4) is 0 Å². The molecule has 1 aliphatic carbocycles. The lowest BCUT2D eigenvalue weighted by Gasteiger charge is -2.30. The monoisotopic (exact) mass is 293 g/mol. The summed E-state index contributed by atoms with van der Waals surface area (Å²) in [4.78, 5) is 11.6. The summed E-state index contributed by atoms with van der Waals surface area (Å²) in [5, 5.41) is 3.61. The van der Waals surface area contributed by atoms with Crippen LogP contribution in [0.25, 0.3) is 0 Å². The van der Waals surface area contributed by atoms with Gasteiger partial charge in [-0.05, 0) is 38.2 Å². The summed E-state index contributed by atoms with van der Waals surface area (Å²) >= 11 is 0. The van der Waals surface area contributed by atoms with Crippen LogP contribution in [0.4, 0.5) is 0 Å². The molecule has 0 aliphatic heterocycles. The van der Waals surface area contributed by atoms with Gasteiger partial charge in [-0.2, -0.15) is 0 Å². The second kappa shape index (κ2) is 7.64. The van der Waals surface area contributed by atoms with Crippen LogP contribution in [-0.4, -0.2) is 19.1 Å². The number of carbonyl (C=O) groups is 1. The number of hydrogen-bond donors (Lipinski definition) is 1. The molecule has 1 aromatic heterocycles. The second-order valence-electron chi connectivity index (χ2n) is 5.97. The van der Waals surface area contributed by atoms with Gasteiger partial charge in [0.25, 0.3) is 0 Å². The summed E-state index contributed by atoms with van der Waals surface area (Å²) in [5.74, 6) is 1.88. The predicted octanol–water partition coefficient (Wildman–Crippen LogP) is 3.82. The summed E-state index contributed by atoms with van der Waals surface area (Å²) in [6.07, 6.45) is 7.89. The average molecular weight is 293 g/mol. The summed E-state index contributed by atoms with van der Waals surface area (Å²) in [7, 11) is 1.39. The van der Waals surface area contributed by atoms with Crippen LogP contribution in [0.5, 0.6) is 0 Å². The van der Waals surface area contributed by atoms with Gasteiger partial charge in [0.1, 0.15) is 17.1 Å². The number of hydrogen-bond acceptors (Lipinski definition) is 4. The van der Waals surface area contributed by atoms with E-state index in [2.05, 4.69) is 12.2 Å². The fraction of sp³-hybridized carbons (Fsp3) is 0.706. The van der Waals surface area contributed by atoms with Crippen molar-refractivity contribution in [3.63, 3.8) is 0 Å². The van der Waals surface area contributed by atoms with E-state index in [-0.39, 0.29) is 5.97 Å². The van der Waals surface area contributed by atoms with E-state index in [4.69, 9.17) is 9.15 Å². The van der Waals surface area contributed by atoms with Crippen LogP contribution >= 0.6 is 0 Å². The Morgan fingerprint density at radius 3 is 2.76 bits per heavy atom. The highest BCUT2D eigenvalue weighted by Crippen LogP contribution is 2.28. The third-order valence-electron chi connectivity index (χ3n) is 4.57. The molecule has 1 fully saturated rings. The average Bonchev–Trinajstić information content (AvgIpc) is 2.89. The molecular formula is C17H27NO3. The van der Waals surface area contributed by atoms with E-state index in [1.165, 1.54) is 39.2 Å². The molecule has 1 N–H and O–H groups in total. The molecule has 1 atom stereocenters. The maximum Gasteiger partial charge on any atom is 0.341 e. The van der Waals surface area contributed by atoms with E-state index in [9.17, 15) is 4.79 Å². The molecule has 1 aliphatic rings. The van der Waals surface area contributed by atoms with Gasteiger partial charge in [0.2, 0.25) is 0 Å². The van der Waals surface area contributed by atoms with Crippen molar-refractivity contribution < 1.29 is 13.9 Å². The summed E-state index contributed by atoms with van der Waals surface area (Å²) in [6, 6.07) is 2.33. The van der Waals surface area contributed by atoms with E-state index in [0.29, 0.717) is 23.9 Å². The third-order valence-corrected chi connectivity index (χ3v) is 4.57. The Hall–Kier alpha value is -1.29. The Morgan fingerprint density at radius 2 is 2.14 bits per heavy atom. The summed E-state index contributed by atoms with van der Waals surface area (Å²) < 4.78 is 10.4. The lowest BCUT2D eigenvalue weighted by Crippen LogP contribution is -2.36. The van der Waals surface area contributed by atoms with E-state index < -0.39 is 0 Å². The third kappa shape index (κ3) is 4.10. The molecule has 0 amide bonds. The largest absolute Gasteiger partial charge is 0.465 e. The molecule has 21 heavy (non-hydrogen) atoms. The molecule has 0 saturated heterocycles. The van der Waals surface area contributed by atoms with Crippen LogP contribution in [0, 0.1) is 12.8 Å². The zero-order chi connectivity index (χ0) is 15.2. The fourth-order valence-electron chi connectivity index (χ4n) is 3.36. The minimum atomic E-state index is -0.332. The van der Waals surface area contributed by atoms with Gasteiger partial charge in [-0.25, -0.2) is 4.79 Å². The number of carbonyl (C=O) groups excluding carboxylic acids is 1. The first-order chi connectivity index (χ1) is 10.2. The molecule has 0 spiro atoms. The topological polar surface area (TPSA) is 51.5 Å². The van der Waals surface area contributed by atoms with E-state index >= 15 is 0 Å².